The zero-order valence-corrected chi connectivity index (χ0v) is 9.01. The van der Waals surface area contributed by atoms with Crippen molar-refractivity contribution < 1.29 is 36.6 Å². The van der Waals surface area contributed by atoms with Crippen molar-refractivity contribution >= 4 is 6.16 Å². The average Bonchev–Trinajstić information content (AvgIpc) is 2.35. The lowest BCUT2D eigenvalue weighted by atomic mass is 10.2. The monoisotopic (exact) mass is 258 g/mol. The number of rotatable bonds is 3. The highest BCUT2D eigenvalue weighted by Gasteiger charge is 2.46. The van der Waals surface area contributed by atoms with Gasteiger partial charge in [0.25, 0.3) is 5.79 Å². The second-order valence-electron chi connectivity index (χ2n) is 3.55. The van der Waals surface area contributed by atoms with Crippen molar-refractivity contribution in [1.82, 2.24) is 0 Å². The van der Waals surface area contributed by atoms with Crippen molar-refractivity contribution in [2.24, 2.45) is 0 Å². The van der Waals surface area contributed by atoms with Gasteiger partial charge in [0.2, 0.25) is 0 Å². The van der Waals surface area contributed by atoms with Crippen LogP contribution >= 0.6 is 0 Å². The van der Waals surface area contributed by atoms with E-state index in [-0.39, 0.29) is 0 Å². The van der Waals surface area contributed by atoms with E-state index in [1.807, 2.05) is 0 Å². The first-order chi connectivity index (χ1) is 7.62. The van der Waals surface area contributed by atoms with Crippen LogP contribution in [0.25, 0.3) is 0 Å². The summed E-state index contributed by atoms with van der Waals surface area (Å²) in [6.45, 7) is 1.72. The van der Waals surface area contributed by atoms with Gasteiger partial charge < -0.3 is 14.2 Å². The molecular formula is C9H10F4O4. The van der Waals surface area contributed by atoms with Gasteiger partial charge in [0, 0.05) is 6.92 Å². The number of carbonyl (C=O) groups is 1. The molecule has 0 aromatic heterocycles. The summed E-state index contributed by atoms with van der Waals surface area (Å²) in [6.07, 6.45) is -7.14. The predicted octanol–water partition coefficient (Wildman–Crippen LogP) is 2.69. The SMILES string of the molecule is CC1OC(=O)OC1(C)OCC(F)=CC(F)(F)F. The molecule has 4 nitrogen and oxygen atoms in total. The molecule has 0 bridgehead atoms. The van der Waals surface area contributed by atoms with E-state index in [0.29, 0.717) is 0 Å². The zero-order valence-electron chi connectivity index (χ0n) is 9.01. The van der Waals surface area contributed by atoms with E-state index in [9.17, 15) is 22.4 Å². The van der Waals surface area contributed by atoms with Gasteiger partial charge in [0.15, 0.2) is 6.10 Å². The summed E-state index contributed by atoms with van der Waals surface area (Å²) in [6, 6.07) is 0. The Kier molecular flexibility index (Phi) is 3.65. The molecule has 8 heteroatoms. The number of ether oxygens (including phenoxy) is 3. The van der Waals surface area contributed by atoms with Crippen LogP contribution in [0.15, 0.2) is 11.9 Å². The van der Waals surface area contributed by atoms with Gasteiger partial charge in [-0.2, -0.15) is 13.2 Å². The molecule has 98 valence electrons. The van der Waals surface area contributed by atoms with E-state index in [0.717, 1.165) is 0 Å². The average molecular weight is 258 g/mol. The number of cyclic esters (lactones) is 2. The quantitative estimate of drug-likeness (QED) is 0.576. The van der Waals surface area contributed by atoms with E-state index in [1.165, 1.54) is 13.8 Å². The van der Waals surface area contributed by atoms with Gasteiger partial charge in [-0.3, -0.25) is 0 Å². The van der Waals surface area contributed by atoms with Crippen molar-refractivity contribution in [3.05, 3.63) is 11.9 Å². The largest absolute Gasteiger partial charge is 0.511 e. The van der Waals surface area contributed by atoms with Gasteiger partial charge in [-0.1, -0.05) is 0 Å². The Morgan fingerprint density at radius 2 is 2.18 bits per heavy atom. The minimum Gasteiger partial charge on any atom is -0.424 e. The third-order valence-corrected chi connectivity index (χ3v) is 2.11. The fraction of sp³-hybridized carbons (Fsp3) is 0.667. The van der Waals surface area contributed by atoms with Crippen LogP contribution < -0.4 is 0 Å². The first kappa shape index (κ1) is 13.8. The van der Waals surface area contributed by atoms with Crippen LogP contribution in [0.1, 0.15) is 13.8 Å². The molecule has 0 aromatic rings. The summed E-state index contributed by atoms with van der Waals surface area (Å²) >= 11 is 0. The number of carbonyl (C=O) groups excluding carboxylic acids is 1. The van der Waals surface area contributed by atoms with Crippen molar-refractivity contribution in [2.75, 3.05) is 6.61 Å². The van der Waals surface area contributed by atoms with E-state index < -0.39 is 42.7 Å². The minimum atomic E-state index is -4.76. The van der Waals surface area contributed by atoms with Gasteiger partial charge in [0.1, 0.15) is 12.4 Å². The molecular weight excluding hydrogens is 248 g/mol. The van der Waals surface area contributed by atoms with Crippen molar-refractivity contribution in [2.45, 2.75) is 31.9 Å². The number of allylic oxidation sites excluding steroid dienone is 1. The molecule has 1 fully saturated rings. The molecule has 1 aliphatic heterocycles. The Hall–Kier alpha value is -1.31. The fourth-order valence-electron chi connectivity index (χ4n) is 1.10. The molecule has 0 spiro atoms. The van der Waals surface area contributed by atoms with E-state index in [2.05, 4.69) is 9.47 Å². The molecule has 0 amide bonds. The summed E-state index contributed by atoms with van der Waals surface area (Å²) in [7, 11) is 0. The van der Waals surface area contributed by atoms with Gasteiger partial charge in [-0.15, -0.1) is 0 Å². The second-order valence-corrected chi connectivity index (χ2v) is 3.55. The Morgan fingerprint density at radius 1 is 1.59 bits per heavy atom. The van der Waals surface area contributed by atoms with Crippen LogP contribution in [-0.4, -0.2) is 30.8 Å². The summed E-state index contributed by atoms with van der Waals surface area (Å²) < 4.78 is 62.0. The van der Waals surface area contributed by atoms with Crippen LogP contribution in [-0.2, 0) is 14.2 Å². The van der Waals surface area contributed by atoms with E-state index in [4.69, 9.17) is 4.74 Å². The highest BCUT2D eigenvalue weighted by atomic mass is 19.4. The molecule has 17 heavy (non-hydrogen) atoms. The lowest BCUT2D eigenvalue weighted by Gasteiger charge is -2.23. The summed E-state index contributed by atoms with van der Waals surface area (Å²) in [5, 5.41) is 0. The number of alkyl halides is 3. The highest BCUT2D eigenvalue weighted by Crippen LogP contribution is 2.29. The smallest absolute Gasteiger partial charge is 0.424 e. The Bertz CT molecular complexity index is 338. The minimum absolute atomic E-state index is 0.529. The molecule has 1 heterocycles. The second kappa shape index (κ2) is 4.52. The van der Waals surface area contributed by atoms with Crippen LogP contribution in [0, 0.1) is 0 Å². The molecule has 0 N–H and O–H groups in total. The Labute approximate surface area is 94.1 Å². The van der Waals surface area contributed by atoms with Crippen LogP contribution in [0.2, 0.25) is 0 Å². The van der Waals surface area contributed by atoms with Gasteiger partial charge in [-0.25, -0.2) is 9.18 Å². The fourth-order valence-corrected chi connectivity index (χ4v) is 1.10. The van der Waals surface area contributed by atoms with Crippen LogP contribution in [0.5, 0.6) is 0 Å². The third kappa shape index (κ3) is 3.88. The van der Waals surface area contributed by atoms with E-state index >= 15 is 0 Å². The molecule has 0 saturated carbocycles. The normalized spacial score (nSPS) is 30.1. The molecule has 0 aromatic carbocycles. The lowest BCUT2D eigenvalue weighted by molar-refractivity contribution is -0.183. The lowest BCUT2D eigenvalue weighted by Crippen LogP contribution is -2.38. The van der Waals surface area contributed by atoms with Crippen LogP contribution in [0.4, 0.5) is 22.4 Å². The number of hydrogen-bond acceptors (Lipinski definition) is 4. The number of halogens is 4. The van der Waals surface area contributed by atoms with Gasteiger partial charge >= 0.3 is 12.3 Å². The Morgan fingerprint density at radius 3 is 2.59 bits per heavy atom. The molecule has 0 aliphatic carbocycles. The standard InChI is InChI=1S/C9H10F4O4/c1-5-8(2,17-7(14)16-5)15-4-6(10)3-9(11,12)13/h3,5H,4H2,1-2H3. The summed E-state index contributed by atoms with van der Waals surface area (Å²) in [4.78, 5) is 10.7. The predicted molar refractivity (Wildman–Crippen MR) is 46.6 cm³/mol. The molecule has 2 atom stereocenters. The van der Waals surface area contributed by atoms with Crippen LogP contribution in [0.3, 0.4) is 0 Å². The molecule has 1 aliphatic rings. The zero-order chi connectivity index (χ0) is 13.3. The van der Waals surface area contributed by atoms with Crippen molar-refractivity contribution in [1.29, 1.82) is 0 Å². The topological polar surface area (TPSA) is 44.8 Å². The van der Waals surface area contributed by atoms with Gasteiger partial charge in [-0.05, 0) is 6.92 Å². The molecule has 0 radical (unpaired) electrons. The number of hydrogen-bond donors (Lipinski definition) is 0. The highest BCUT2D eigenvalue weighted by molar-refractivity contribution is 5.62. The van der Waals surface area contributed by atoms with Crippen molar-refractivity contribution in [3.8, 4) is 0 Å². The maximum Gasteiger partial charge on any atom is 0.511 e. The Balaban J connectivity index is 2.56. The van der Waals surface area contributed by atoms with E-state index in [1.54, 1.807) is 0 Å². The maximum absolute atomic E-state index is 12.8. The summed E-state index contributed by atoms with van der Waals surface area (Å²) in [5.74, 6) is -3.11. The first-order valence-electron chi connectivity index (χ1n) is 4.60. The molecule has 1 rings (SSSR count). The van der Waals surface area contributed by atoms with Gasteiger partial charge in [0.05, 0.1) is 6.08 Å². The third-order valence-electron chi connectivity index (χ3n) is 2.11. The molecule has 2 unspecified atom stereocenters. The maximum atomic E-state index is 12.8. The molecule has 1 saturated heterocycles. The first-order valence-corrected chi connectivity index (χ1v) is 4.60. The summed E-state index contributed by atoms with van der Waals surface area (Å²) in [5.41, 5.74) is 0. The van der Waals surface area contributed by atoms with Crippen molar-refractivity contribution in [3.63, 3.8) is 0 Å².